The monoisotopic (exact) mass is 466 g/mol. The van der Waals surface area contributed by atoms with Gasteiger partial charge < -0.3 is 20.5 Å². The molecule has 32 heavy (non-hydrogen) atoms. The summed E-state index contributed by atoms with van der Waals surface area (Å²) in [4.78, 5) is 36.0. The molecule has 3 atom stereocenters. The zero-order chi connectivity index (χ0) is 23.7. The lowest BCUT2D eigenvalue weighted by atomic mass is 9.87. The van der Waals surface area contributed by atoms with Crippen molar-refractivity contribution in [1.82, 2.24) is 21.5 Å². The maximum Gasteiger partial charge on any atom is 0.331 e. The number of hydrogen-bond donors (Lipinski definition) is 5. The van der Waals surface area contributed by atoms with Gasteiger partial charge in [0.1, 0.15) is 0 Å². The molecule has 1 aliphatic carbocycles. The van der Waals surface area contributed by atoms with Crippen molar-refractivity contribution in [3.8, 4) is 0 Å². The number of ether oxygens (including phenoxy) is 1. The molecule has 0 unspecified atom stereocenters. The van der Waals surface area contributed by atoms with Gasteiger partial charge in [-0.3, -0.25) is 10.2 Å². The molecule has 0 spiro atoms. The molecule has 0 radical (unpaired) electrons. The molecule has 0 bridgehead atoms. The molecule has 10 heteroatoms. The Morgan fingerprint density at radius 3 is 2.53 bits per heavy atom. The van der Waals surface area contributed by atoms with Crippen molar-refractivity contribution in [2.75, 3.05) is 0 Å². The van der Waals surface area contributed by atoms with Gasteiger partial charge in [-0.15, -0.1) is 0 Å². The van der Waals surface area contributed by atoms with E-state index in [2.05, 4.69) is 21.5 Å². The highest BCUT2D eigenvalue weighted by Crippen LogP contribution is 2.24. The van der Waals surface area contributed by atoms with Crippen LogP contribution in [0.5, 0.6) is 0 Å². The summed E-state index contributed by atoms with van der Waals surface area (Å²) in [6, 6.07) is 5.34. The lowest BCUT2D eigenvalue weighted by molar-refractivity contribution is -0.133. The van der Waals surface area contributed by atoms with Crippen molar-refractivity contribution >= 4 is 29.5 Å². The summed E-state index contributed by atoms with van der Waals surface area (Å²) in [6.07, 6.45) is 2.26. The fourth-order valence-corrected chi connectivity index (χ4v) is 3.80. The third kappa shape index (κ3) is 7.81. The van der Waals surface area contributed by atoms with E-state index in [-0.39, 0.29) is 24.0 Å². The number of carbonyl (C=O) groups is 3. The van der Waals surface area contributed by atoms with Crippen LogP contribution in [-0.2, 0) is 20.9 Å². The highest BCUT2D eigenvalue weighted by Gasteiger charge is 2.38. The predicted molar refractivity (Wildman–Crippen MR) is 121 cm³/mol. The molecule has 9 nitrogen and oxygen atoms in total. The van der Waals surface area contributed by atoms with Crippen molar-refractivity contribution in [2.24, 2.45) is 0 Å². The molecule has 2 rings (SSSR count). The van der Waals surface area contributed by atoms with E-state index in [1.165, 1.54) is 13.0 Å². The fourth-order valence-electron chi connectivity index (χ4n) is 3.58. The SMILES string of the molecule is CCC(CC)O[C@@H]1C=C(C(=O)O)C[C@H](NC(=O)NNCc2cccc(Cl)c2)[C@H]1NC(C)=O. The molecule has 0 aliphatic heterocycles. The number of aliphatic carboxylic acids is 1. The first-order valence-corrected chi connectivity index (χ1v) is 11.0. The van der Waals surface area contributed by atoms with E-state index in [1.807, 2.05) is 19.9 Å². The topological polar surface area (TPSA) is 129 Å². The summed E-state index contributed by atoms with van der Waals surface area (Å²) < 4.78 is 6.09. The molecule has 0 saturated carbocycles. The van der Waals surface area contributed by atoms with Gasteiger partial charge >= 0.3 is 12.0 Å². The standard InChI is InChI=1S/C22H31ClN4O5/c1-4-17(5-2)32-19-11-15(21(29)30)10-18(20(19)25-13(3)28)26-22(31)27-24-12-14-7-6-8-16(23)9-14/h6-9,11,17-20,24H,4-5,10,12H2,1-3H3,(H,25,28)(H,29,30)(H2,26,27,31)/t18-,19+,20+/m0/s1. The van der Waals surface area contributed by atoms with Crippen molar-refractivity contribution in [2.45, 2.75) is 70.9 Å². The molecule has 0 aromatic heterocycles. The third-order valence-corrected chi connectivity index (χ3v) is 5.43. The molecule has 3 amide bonds. The van der Waals surface area contributed by atoms with Gasteiger partial charge in [-0.05, 0) is 36.6 Å². The molecule has 1 aromatic carbocycles. The summed E-state index contributed by atoms with van der Waals surface area (Å²) in [5.41, 5.74) is 6.33. The van der Waals surface area contributed by atoms with Crippen LogP contribution in [0.15, 0.2) is 35.9 Å². The predicted octanol–water partition coefficient (Wildman–Crippen LogP) is 2.51. The normalized spacial score (nSPS) is 20.4. The van der Waals surface area contributed by atoms with Gasteiger partial charge in [-0.25, -0.2) is 15.0 Å². The van der Waals surface area contributed by atoms with Gasteiger partial charge in [0.05, 0.1) is 24.3 Å². The van der Waals surface area contributed by atoms with Crippen molar-refractivity contribution < 1.29 is 24.2 Å². The highest BCUT2D eigenvalue weighted by atomic mass is 35.5. The van der Waals surface area contributed by atoms with Crippen molar-refractivity contribution in [1.29, 1.82) is 0 Å². The second-order valence-electron chi connectivity index (χ2n) is 7.66. The minimum atomic E-state index is -1.09. The van der Waals surface area contributed by atoms with Gasteiger partial charge in [-0.2, -0.15) is 0 Å². The number of hydrogen-bond acceptors (Lipinski definition) is 5. The summed E-state index contributed by atoms with van der Waals surface area (Å²) >= 11 is 5.96. The van der Waals surface area contributed by atoms with E-state index in [4.69, 9.17) is 16.3 Å². The number of hydrazine groups is 1. The molecule has 0 fully saturated rings. The van der Waals surface area contributed by atoms with Gasteiger partial charge in [0, 0.05) is 30.5 Å². The number of urea groups is 1. The molecular weight excluding hydrogens is 436 g/mol. The molecule has 1 aliphatic rings. The van der Waals surface area contributed by atoms with Gasteiger partial charge in [0.2, 0.25) is 5.91 Å². The number of rotatable bonds is 10. The van der Waals surface area contributed by atoms with E-state index >= 15 is 0 Å². The number of benzene rings is 1. The minimum absolute atomic E-state index is 0.0464. The Bertz CT molecular complexity index is 843. The molecule has 5 N–H and O–H groups in total. The van der Waals surface area contributed by atoms with Crippen LogP contribution in [-0.4, -0.2) is 47.3 Å². The Balaban J connectivity index is 2.09. The second-order valence-corrected chi connectivity index (χ2v) is 8.09. The average molecular weight is 467 g/mol. The average Bonchev–Trinajstić information content (AvgIpc) is 2.73. The van der Waals surface area contributed by atoms with E-state index < -0.39 is 30.2 Å². The third-order valence-electron chi connectivity index (χ3n) is 5.20. The van der Waals surface area contributed by atoms with Gasteiger partial charge in [0.25, 0.3) is 0 Å². The zero-order valence-corrected chi connectivity index (χ0v) is 19.2. The van der Waals surface area contributed by atoms with E-state index in [0.29, 0.717) is 11.6 Å². The van der Waals surface area contributed by atoms with E-state index in [1.54, 1.807) is 18.2 Å². The lowest BCUT2D eigenvalue weighted by Gasteiger charge is -2.38. The number of amides is 3. The summed E-state index contributed by atoms with van der Waals surface area (Å²) in [6.45, 7) is 5.66. The maximum atomic E-state index is 12.5. The van der Waals surface area contributed by atoms with Crippen molar-refractivity contribution in [3.63, 3.8) is 0 Å². The summed E-state index contributed by atoms with van der Waals surface area (Å²) in [5, 5.41) is 15.7. The van der Waals surface area contributed by atoms with Gasteiger partial charge in [0.15, 0.2) is 0 Å². The first kappa shape index (κ1) is 25.6. The van der Waals surface area contributed by atoms with Crippen LogP contribution in [0, 0.1) is 0 Å². The molecular formula is C22H31ClN4O5. The highest BCUT2D eigenvalue weighted by molar-refractivity contribution is 6.30. The molecule has 0 saturated heterocycles. The fraction of sp³-hybridized carbons (Fsp3) is 0.500. The van der Waals surface area contributed by atoms with Crippen LogP contribution in [0.4, 0.5) is 4.79 Å². The largest absolute Gasteiger partial charge is 0.478 e. The molecule has 1 aromatic rings. The maximum absolute atomic E-state index is 12.5. The number of carboxylic acids is 1. The smallest absolute Gasteiger partial charge is 0.331 e. The van der Waals surface area contributed by atoms with E-state index in [9.17, 15) is 19.5 Å². The van der Waals surface area contributed by atoms with Crippen LogP contribution in [0.3, 0.4) is 0 Å². The number of halogens is 1. The minimum Gasteiger partial charge on any atom is -0.478 e. The van der Waals surface area contributed by atoms with Crippen LogP contribution >= 0.6 is 11.6 Å². The Morgan fingerprint density at radius 2 is 1.94 bits per heavy atom. The quantitative estimate of drug-likeness (QED) is 0.337. The summed E-state index contributed by atoms with van der Waals surface area (Å²) in [5.74, 6) is -1.39. The van der Waals surface area contributed by atoms with Crippen LogP contribution in [0.1, 0.15) is 45.6 Å². The van der Waals surface area contributed by atoms with Crippen LogP contribution in [0.2, 0.25) is 5.02 Å². The van der Waals surface area contributed by atoms with Crippen LogP contribution in [0.25, 0.3) is 0 Å². The zero-order valence-electron chi connectivity index (χ0n) is 18.5. The first-order valence-electron chi connectivity index (χ1n) is 10.6. The lowest BCUT2D eigenvalue weighted by Crippen LogP contribution is -2.61. The van der Waals surface area contributed by atoms with Crippen molar-refractivity contribution in [3.05, 3.63) is 46.5 Å². The Labute approximate surface area is 192 Å². The second kappa shape index (κ2) is 12.4. The Kier molecular flexibility index (Phi) is 9.96. The Morgan fingerprint density at radius 1 is 1.22 bits per heavy atom. The number of nitrogens with one attached hydrogen (secondary N) is 4. The molecule has 176 valence electrons. The molecule has 0 heterocycles. The summed E-state index contributed by atoms with van der Waals surface area (Å²) in [7, 11) is 0. The van der Waals surface area contributed by atoms with Gasteiger partial charge in [-0.1, -0.05) is 37.6 Å². The van der Waals surface area contributed by atoms with Crippen LogP contribution < -0.4 is 21.5 Å². The number of carbonyl (C=O) groups excluding carboxylic acids is 2. The van der Waals surface area contributed by atoms with E-state index in [0.717, 1.165) is 18.4 Å². The number of carboxylic acid groups (broad SMARTS) is 1. The Hall–Kier alpha value is -2.62. The first-order chi connectivity index (χ1) is 15.2.